The number of rotatable bonds is 3. The smallest absolute Gasteiger partial charge is 0.279 e. The average molecular weight is 170 g/mol. The zero-order chi connectivity index (χ0) is 9.02. The Hall–Kier alpha value is -1.07. The number of halogens is 4. The van der Waals surface area contributed by atoms with E-state index in [4.69, 9.17) is 5.41 Å². The highest BCUT2D eigenvalue weighted by atomic mass is 19.3. The molecule has 0 rings (SSSR count). The van der Waals surface area contributed by atoms with Crippen LogP contribution in [0.25, 0.3) is 0 Å². The summed E-state index contributed by atoms with van der Waals surface area (Å²) >= 11 is 0. The lowest BCUT2D eigenvalue weighted by Crippen LogP contribution is -2.13. The average Bonchev–Trinajstić information content (AvgIpc) is 1.87. The number of nitrogens with two attached hydrogens (primary N) is 1. The molecule has 0 aliphatic heterocycles. The molecule has 0 heterocycles. The molecule has 2 nitrogen and oxygen atoms in total. The van der Waals surface area contributed by atoms with Crippen LogP contribution >= 0.6 is 0 Å². The van der Waals surface area contributed by atoms with E-state index in [0.29, 0.717) is 0 Å². The van der Waals surface area contributed by atoms with Gasteiger partial charge in [0.15, 0.2) is 0 Å². The molecule has 3 N–H and O–H groups in total. The molecule has 0 amide bonds. The van der Waals surface area contributed by atoms with Crippen molar-refractivity contribution in [1.29, 1.82) is 5.41 Å². The van der Waals surface area contributed by atoms with Crippen LogP contribution in [0.3, 0.4) is 0 Å². The summed E-state index contributed by atoms with van der Waals surface area (Å²) in [5.41, 5.74) is 2.37. The summed E-state index contributed by atoms with van der Waals surface area (Å²) in [7, 11) is 0. The van der Waals surface area contributed by atoms with E-state index in [0.717, 1.165) is 0 Å². The minimum atomic E-state index is -3.06. The number of allylic oxidation sites excluding steroid dienone is 2. The molecule has 0 radical (unpaired) electrons. The Morgan fingerprint density at radius 3 is 1.91 bits per heavy atom. The number of hydrogen-bond donors (Lipinski definition) is 2. The molecule has 0 saturated carbocycles. The van der Waals surface area contributed by atoms with Crippen molar-refractivity contribution in [2.45, 2.75) is 12.9 Å². The van der Waals surface area contributed by atoms with Gasteiger partial charge in [0, 0.05) is 0 Å². The molecule has 0 atom stereocenters. The summed E-state index contributed by atoms with van der Waals surface area (Å²) in [5, 5.41) is 6.43. The van der Waals surface area contributed by atoms with E-state index in [9.17, 15) is 17.6 Å². The highest BCUT2D eigenvalue weighted by Gasteiger charge is 2.12. The molecular weight excluding hydrogens is 164 g/mol. The van der Waals surface area contributed by atoms with Crippen molar-refractivity contribution in [3.05, 3.63) is 11.8 Å². The second-order valence-electron chi connectivity index (χ2n) is 1.70. The van der Waals surface area contributed by atoms with Crippen LogP contribution in [0.2, 0.25) is 0 Å². The number of alkyl halides is 4. The zero-order valence-electron chi connectivity index (χ0n) is 5.32. The SMILES string of the molecule is N=C(/C=C(\N)C(F)F)C(F)F. The molecule has 0 aromatic heterocycles. The standard InChI is InChI=1S/C5H6F4N2/c6-4(7)2(10)1-3(11)5(8)9/h1,4-5,10H,11H2/b3-1-,10-2?. The Kier molecular flexibility index (Phi) is 3.56. The predicted molar refractivity (Wildman–Crippen MR) is 32.0 cm³/mol. The lowest BCUT2D eigenvalue weighted by Gasteiger charge is -1.99. The third-order valence-corrected chi connectivity index (χ3v) is 0.809. The van der Waals surface area contributed by atoms with Gasteiger partial charge in [-0.25, -0.2) is 17.6 Å². The fourth-order valence-electron chi connectivity index (χ4n) is 0.306. The topological polar surface area (TPSA) is 49.9 Å². The zero-order valence-corrected chi connectivity index (χ0v) is 5.32. The first-order valence-electron chi connectivity index (χ1n) is 2.57. The summed E-state index contributed by atoms with van der Waals surface area (Å²) < 4.78 is 46.0. The van der Waals surface area contributed by atoms with E-state index in [1.807, 2.05) is 0 Å². The van der Waals surface area contributed by atoms with E-state index < -0.39 is 24.3 Å². The van der Waals surface area contributed by atoms with Crippen molar-refractivity contribution < 1.29 is 17.6 Å². The molecule has 0 fully saturated rings. The number of hydrogen-bond acceptors (Lipinski definition) is 2. The van der Waals surface area contributed by atoms with Gasteiger partial charge < -0.3 is 5.73 Å². The van der Waals surface area contributed by atoms with Gasteiger partial charge in [-0.05, 0) is 6.08 Å². The summed E-state index contributed by atoms with van der Waals surface area (Å²) in [6, 6.07) is 0. The molecule has 0 aliphatic carbocycles. The van der Waals surface area contributed by atoms with Crippen LogP contribution in [0.1, 0.15) is 0 Å². The van der Waals surface area contributed by atoms with Gasteiger partial charge in [-0.15, -0.1) is 0 Å². The quantitative estimate of drug-likeness (QED) is 0.487. The molecule has 11 heavy (non-hydrogen) atoms. The van der Waals surface area contributed by atoms with Crippen LogP contribution in [0.5, 0.6) is 0 Å². The van der Waals surface area contributed by atoms with E-state index in [1.54, 1.807) is 0 Å². The van der Waals surface area contributed by atoms with Gasteiger partial charge in [0.05, 0.1) is 11.4 Å². The Labute approximate surface area is 60.2 Å². The van der Waals surface area contributed by atoms with Crippen LogP contribution in [0, 0.1) is 5.41 Å². The Balaban J connectivity index is 4.20. The highest BCUT2D eigenvalue weighted by Crippen LogP contribution is 2.04. The molecule has 64 valence electrons. The maximum Gasteiger partial charge on any atom is 0.279 e. The van der Waals surface area contributed by atoms with Gasteiger partial charge in [0.2, 0.25) is 0 Å². The Morgan fingerprint density at radius 1 is 1.18 bits per heavy atom. The van der Waals surface area contributed by atoms with Crippen molar-refractivity contribution in [3.63, 3.8) is 0 Å². The molecule has 0 aromatic rings. The van der Waals surface area contributed by atoms with E-state index >= 15 is 0 Å². The molecule has 0 spiro atoms. The number of nitrogens with one attached hydrogen (secondary N) is 1. The van der Waals surface area contributed by atoms with Gasteiger partial charge in [-0.3, -0.25) is 5.41 Å². The van der Waals surface area contributed by atoms with Gasteiger partial charge in [0.1, 0.15) is 0 Å². The molecule has 0 saturated heterocycles. The lowest BCUT2D eigenvalue weighted by molar-refractivity contribution is 0.187. The fraction of sp³-hybridized carbons (Fsp3) is 0.400. The van der Waals surface area contributed by atoms with Crippen LogP contribution in [-0.2, 0) is 0 Å². The van der Waals surface area contributed by atoms with Gasteiger partial charge in [-0.1, -0.05) is 0 Å². The largest absolute Gasteiger partial charge is 0.397 e. The summed E-state index contributed by atoms with van der Waals surface area (Å²) in [4.78, 5) is 0. The Bertz CT molecular complexity index is 175. The second kappa shape index (κ2) is 3.95. The monoisotopic (exact) mass is 170 g/mol. The van der Waals surface area contributed by atoms with Gasteiger partial charge >= 0.3 is 0 Å². The molecule has 0 bridgehead atoms. The van der Waals surface area contributed by atoms with Gasteiger partial charge in [0.25, 0.3) is 12.9 Å². The first kappa shape index (κ1) is 9.93. The summed E-state index contributed by atoms with van der Waals surface area (Å²) in [6.07, 6.45) is -5.80. The first-order valence-corrected chi connectivity index (χ1v) is 2.57. The van der Waals surface area contributed by atoms with Crippen molar-refractivity contribution in [2.75, 3.05) is 0 Å². The normalized spacial score (nSPS) is 12.7. The van der Waals surface area contributed by atoms with E-state index in [-0.39, 0.29) is 6.08 Å². The molecule has 6 heteroatoms. The fourth-order valence-corrected chi connectivity index (χ4v) is 0.306. The minimum absolute atomic E-state index is 0.259. The molecule has 0 unspecified atom stereocenters. The second-order valence-corrected chi connectivity index (χ2v) is 1.70. The maximum atomic E-state index is 11.5. The predicted octanol–water partition coefficient (Wildman–Crippen LogP) is 1.38. The third-order valence-electron chi connectivity index (χ3n) is 0.809. The van der Waals surface area contributed by atoms with Crippen molar-refractivity contribution in [1.82, 2.24) is 0 Å². The van der Waals surface area contributed by atoms with Gasteiger partial charge in [-0.2, -0.15) is 0 Å². The van der Waals surface area contributed by atoms with Crippen molar-refractivity contribution in [3.8, 4) is 0 Å². The summed E-state index contributed by atoms with van der Waals surface area (Å²) in [6.45, 7) is 0. The van der Waals surface area contributed by atoms with Crippen LogP contribution in [-0.4, -0.2) is 18.6 Å². The van der Waals surface area contributed by atoms with E-state index in [2.05, 4.69) is 5.73 Å². The maximum absolute atomic E-state index is 11.5. The van der Waals surface area contributed by atoms with Crippen molar-refractivity contribution in [2.24, 2.45) is 5.73 Å². The lowest BCUT2D eigenvalue weighted by atomic mass is 10.3. The van der Waals surface area contributed by atoms with Crippen LogP contribution in [0.15, 0.2) is 11.8 Å². The Morgan fingerprint density at radius 2 is 1.64 bits per heavy atom. The molecule has 0 aliphatic rings. The van der Waals surface area contributed by atoms with Crippen LogP contribution in [0.4, 0.5) is 17.6 Å². The molecular formula is C5H6F4N2. The first-order chi connectivity index (χ1) is 4.95. The van der Waals surface area contributed by atoms with E-state index in [1.165, 1.54) is 0 Å². The van der Waals surface area contributed by atoms with Crippen molar-refractivity contribution >= 4 is 5.71 Å². The van der Waals surface area contributed by atoms with Crippen LogP contribution < -0.4 is 5.73 Å². The third kappa shape index (κ3) is 3.59. The molecule has 0 aromatic carbocycles. The summed E-state index contributed by atoms with van der Waals surface area (Å²) in [5.74, 6) is 0. The highest BCUT2D eigenvalue weighted by molar-refractivity contribution is 5.95. The minimum Gasteiger partial charge on any atom is -0.397 e.